The Morgan fingerprint density at radius 2 is 1.70 bits per heavy atom. The number of carboxylic acid groups (broad SMARTS) is 1. The lowest BCUT2D eigenvalue weighted by Gasteiger charge is -2.31. The minimum atomic E-state index is -1.32. The first-order chi connectivity index (χ1) is 12.7. The van der Waals surface area contributed by atoms with E-state index < -0.39 is 35.4 Å². The van der Waals surface area contributed by atoms with Crippen LogP contribution in [-0.2, 0) is 12.0 Å². The summed E-state index contributed by atoms with van der Waals surface area (Å²) in [7, 11) is 0. The predicted molar refractivity (Wildman–Crippen MR) is 98.5 cm³/mol. The third-order valence-electron chi connectivity index (χ3n) is 4.40. The first-order valence-electron chi connectivity index (χ1n) is 8.60. The highest BCUT2D eigenvalue weighted by Crippen LogP contribution is 2.19. The summed E-state index contributed by atoms with van der Waals surface area (Å²) in [5, 5.41) is 25.0. The molecule has 5 nitrogen and oxygen atoms in total. The average molecular weight is 378 g/mol. The Hall–Kier alpha value is -2.51. The molecule has 0 heterocycles. The Labute approximate surface area is 157 Å². The van der Waals surface area contributed by atoms with Crippen LogP contribution < -0.4 is 10.6 Å². The van der Waals surface area contributed by atoms with Gasteiger partial charge in [-0.15, -0.1) is 0 Å². The lowest BCUT2D eigenvalue weighted by Crippen LogP contribution is -2.51. The molecule has 0 unspecified atom stereocenters. The number of rotatable bonds is 8. The lowest BCUT2D eigenvalue weighted by atomic mass is 9.93. The van der Waals surface area contributed by atoms with Crippen LogP contribution in [0.2, 0.25) is 0 Å². The van der Waals surface area contributed by atoms with E-state index in [1.54, 1.807) is 0 Å². The normalized spacial score (nSPS) is 13.8. The van der Waals surface area contributed by atoms with Crippen molar-refractivity contribution >= 4 is 6.09 Å². The number of nitrogens with one attached hydrogen (secondary N) is 2. The highest BCUT2D eigenvalue weighted by atomic mass is 19.1. The van der Waals surface area contributed by atoms with Crippen LogP contribution in [0.3, 0.4) is 0 Å². The second-order valence-electron chi connectivity index (χ2n) is 6.98. The topological polar surface area (TPSA) is 81.6 Å². The molecule has 4 N–H and O–H groups in total. The predicted octanol–water partition coefficient (Wildman–Crippen LogP) is 3.03. The van der Waals surface area contributed by atoms with Gasteiger partial charge in [-0.25, -0.2) is 13.6 Å². The molecule has 0 saturated carbocycles. The van der Waals surface area contributed by atoms with Gasteiger partial charge in [-0.2, -0.15) is 0 Å². The van der Waals surface area contributed by atoms with Gasteiger partial charge < -0.3 is 20.8 Å². The van der Waals surface area contributed by atoms with Gasteiger partial charge in [-0.05, 0) is 43.5 Å². The van der Waals surface area contributed by atoms with E-state index in [9.17, 15) is 18.7 Å². The number of benzene rings is 2. The Morgan fingerprint density at radius 3 is 2.26 bits per heavy atom. The Morgan fingerprint density at radius 1 is 1.11 bits per heavy atom. The molecule has 0 aliphatic carbocycles. The number of hydrogen-bond acceptors (Lipinski definition) is 3. The summed E-state index contributed by atoms with van der Waals surface area (Å²) in [4.78, 5) is 11.1. The van der Waals surface area contributed by atoms with Crippen LogP contribution in [0.4, 0.5) is 13.6 Å². The molecule has 1 amide bonds. The molecule has 0 aliphatic heterocycles. The highest BCUT2D eigenvalue weighted by molar-refractivity contribution is 5.65. The molecular weight excluding hydrogens is 354 g/mol. The van der Waals surface area contributed by atoms with Gasteiger partial charge in [0.05, 0.1) is 12.1 Å². The van der Waals surface area contributed by atoms with Crippen LogP contribution >= 0.6 is 0 Å². The monoisotopic (exact) mass is 378 g/mol. The van der Waals surface area contributed by atoms with E-state index >= 15 is 0 Å². The van der Waals surface area contributed by atoms with E-state index in [-0.39, 0.29) is 18.5 Å². The summed E-state index contributed by atoms with van der Waals surface area (Å²) in [6.45, 7) is 3.97. The molecule has 0 fully saturated rings. The summed E-state index contributed by atoms with van der Waals surface area (Å²) in [5.41, 5.74) is 0.806. The summed E-state index contributed by atoms with van der Waals surface area (Å²) >= 11 is 0. The van der Waals surface area contributed by atoms with Gasteiger partial charge in [0.25, 0.3) is 0 Å². The average Bonchev–Trinajstić information content (AvgIpc) is 2.58. The van der Waals surface area contributed by atoms with Crippen LogP contribution in [0.25, 0.3) is 0 Å². The molecule has 0 aromatic heterocycles. The van der Waals surface area contributed by atoms with E-state index in [0.29, 0.717) is 0 Å². The van der Waals surface area contributed by atoms with Gasteiger partial charge in [0.1, 0.15) is 11.6 Å². The summed E-state index contributed by atoms with van der Waals surface area (Å²) in [6.07, 6.45) is -2.47. The fraction of sp³-hybridized carbons (Fsp3) is 0.350. The van der Waals surface area contributed by atoms with Crippen LogP contribution in [0, 0.1) is 11.6 Å². The zero-order valence-electron chi connectivity index (χ0n) is 15.2. The molecule has 2 aromatic rings. The minimum absolute atomic E-state index is 0.0460. The molecule has 2 atom stereocenters. The van der Waals surface area contributed by atoms with Gasteiger partial charge in [0, 0.05) is 18.2 Å². The molecule has 146 valence electrons. The van der Waals surface area contributed by atoms with Gasteiger partial charge in [-0.1, -0.05) is 30.3 Å². The maximum Gasteiger partial charge on any atom is 0.404 e. The molecule has 0 saturated heterocycles. The molecule has 2 rings (SSSR count). The molecule has 0 spiro atoms. The number of amides is 1. The van der Waals surface area contributed by atoms with E-state index in [4.69, 9.17) is 5.11 Å². The fourth-order valence-corrected chi connectivity index (χ4v) is 2.88. The number of halogens is 2. The van der Waals surface area contributed by atoms with E-state index in [1.807, 2.05) is 44.2 Å². The molecule has 7 heteroatoms. The van der Waals surface area contributed by atoms with Gasteiger partial charge in [0.2, 0.25) is 0 Å². The maximum atomic E-state index is 13.4. The lowest BCUT2D eigenvalue weighted by molar-refractivity contribution is 0.110. The van der Waals surface area contributed by atoms with Crippen molar-refractivity contribution in [2.75, 3.05) is 6.54 Å². The van der Waals surface area contributed by atoms with Crippen molar-refractivity contribution < 1.29 is 23.8 Å². The second-order valence-corrected chi connectivity index (χ2v) is 6.98. The molecule has 0 bridgehead atoms. The first-order valence-corrected chi connectivity index (χ1v) is 8.60. The summed E-state index contributed by atoms with van der Waals surface area (Å²) in [5.74, 6) is -1.51. The maximum absolute atomic E-state index is 13.4. The summed E-state index contributed by atoms with van der Waals surface area (Å²) < 4.78 is 26.8. The smallest absolute Gasteiger partial charge is 0.404 e. The van der Waals surface area contributed by atoms with Crippen LogP contribution in [0.15, 0.2) is 48.5 Å². The fourth-order valence-electron chi connectivity index (χ4n) is 2.88. The Balaban J connectivity index is 2.07. The van der Waals surface area contributed by atoms with E-state index in [2.05, 4.69) is 10.6 Å². The number of aliphatic hydroxyl groups is 1. The van der Waals surface area contributed by atoms with Crippen molar-refractivity contribution in [1.82, 2.24) is 10.6 Å². The van der Waals surface area contributed by atoms with Crippen molar-refractivity contribution in [2.24, 2.45) is 0 Å². The quantitative estimate of drug-likeness (QED) is 0.569. The van der Waals surface area contributed by atoms with Gasteiger partial charge >= 0.3 is 6.09 Å². The number of carbonyl (C=O) groups is 1. The SMILES string of the molecule is CC(C)(NC[C@@H](O)[C@H](Cc1cc(F)cc(F)c1)NC(=O)O)c1ccccc1. The molecule has 2 aromatic carbocycles. The van der Waals surface area contributed by atoms with Crippen molar-refractivity contribution in [2.45, 2.75) is 38.0 Å². The van der Waals surface area contributed by atoms with Crippen LogP contribution in [-0.4, -0.2) is 35.0 Å². The zero-order valence-corrected chi connectivity index (χ0v) is 15.2. The van der Waals surface area contributed by atoms with Crippen molar-refractivity contribution in [3.05, 3.63) is 71.3 Å². The highest BCUT2D eigenvalue weighted by Gasteiger charge is 2.26. The Kier molecular flexibility index (Phi) is 6.87. The summed E-state index contributed by atoms with van der Waals surface area (Å²) in [6, 6.07) is 11.7. The first kappa shape index (κ1) is 20.8. The Bertz CT molecular complexity index is 749. The molecule has 27 heavy (non-hydrogen) atoms. The van der Waals surface area contributed by atoms with Crippen molar-refractivity contribution in [3.8, 4) is 0 Å². The molecular formula is C20H24F2N2O3. The third-order valence-corrected chi connectivity index (χ3v) is 4.40. The van der Waals surface area contributed by atoms with Crippen molar-refractivity contribution in [1.29, 1.82) is 0 Å². The molecule has 0 aliphatic rings. The van der Waals surface area contributed by atoms with E-state index in [1.165, 1.54) is 0 Å². The second kappa shape index (κ2) is 8.92. The standard InChI is InChI=1S/C20H24F2N2O3/c1-20(2,14-6-4-3-5-7-14)23-12-18(25)17(24-19(26)27)10-13-8-15(21)11-16(22)9-13/h3-9,11,17-18,23-25H,10,12H2,1-2H3,(H,26,27)/t17-,18+/m0/s1. The largest absolute Gasteiger partial charge is 0.465 e. The number of aliphatic hydroxyl groups excluding tert-OH is 1. The molecule has 0 radical (unpaired) electrons. The van der Waals surface area contributed by atoms with Crippen molar-refractivity contribution in [3.63, 3.8) is 0 Å². The van der Waals surface area contributed by atoms with Gasteiger partial charge in [0.15, 0.2) is 0 Å². The number of hydrogen-bond donors (Lipinski definition) is 4. The third kappa shape index (κ3) is 6.30. The van der Waals surface area contributed by atoms with Crippen LogP contribution in [0.1, 0.15) is 25.0 Å². The zero-order chi connectivity index (χ0) is 20.0. The van der Waals surface area contributed by atoms with Crippen LogP contribution in [0.5, 0.6) is 0 Å². The van der Waals surface area contributed by atoms with Gasteiger partial charge in [-0.3, -0.25) is 0 Å². The minimum Gasteiger partial charge on any atom is -0.465 e. The van der Waals surface area contributed by atoms with E-state index in [0.717, 1.165) is 23.8 Å².